The first-order valence-electron chi connectivity index (χ1n) is 35.3. The van der Waals surface area contributed by atoms with Crippen molar-refractivity contribution in [1.82, 2.24) is 47.4 Å². The summed E-state index contributed by atoms with van der Waals surface area (Å²) in [4.78, 5) is 154. The number of hydrogen-bond acceptors (Lipinski definition) is 17. The summed E-state index contributed by atoms with van der Waals surface area (Å²) >= 11 is 0. The summed E-state index contributed by atoms with van der Waals surface area (Å²) in [6.45, 7) is 8.71. The number of guanidine groups is 1. The molecule has 7 unspecified atom stereocenters. The molecule has 0 spiro atoms. The maximum Gasteiger partial charge on any atom is 0.326 e. The number of aliphatic hydroxyl groups excluding tert-OH is 1. The van der Waals surface area contributed by atoms with Gasteiger partial charge in [-0.1, -0.05) is 150 Å². The lowest BCUT2D eigenvalue weighted by Crippen LogP contribution is -2.60. The standard InChI is InChI=1S/C77H91N13O15S2/c1-45-25-27-46(28-26-45)39-53(74(104)105)85-71(101)56-44-107-106-43-55(68(98)81-41-63(93)82-51(21-15-35-80-75(78)79)69(99)84-52(40-65(96)97)70(100)86-54(42-91)73(103)90-36-16-22-59(90)72(102)87-56)83-62(92)33-37-88-57-31-29-47-17-11-13-19-49(47)66(57)76(2,3)60(88)23-9-7-6-8-10-24-61-77(4,5)67-50-20-14-12-18-48(50)30-32-58(67)89(61)38-34-64(94)95/h6-14,17-20,23-32,51-56,59,91H,15-16,21-22,33-44H2,1-5H3,(H13-,78,79,80,81,82,83,84,85,86,87,92,93,94,95,96,97,98,99,100,101,102,104,105). The molecule has 5 aromatic rings. The van der Waals surface area contributed by atoms with E-state index in [1.807, 2.05) is 120 Å². The maximum atomic E-state index is 14.6. The predicted molar refractivity (Wildman–Crippen MR) is 406 cm³/mol. The number of aliphatic hydroxyl groups is 1. The van der Waals surface area contributed by atoms with E-state index >= 15 is 0 Å². The molecular formula is C77H91N13O15S2. The molecule has 0 radical (unpaired) electrons. The van der Waals surface area contributed by atoms with E-state index in [4.69, 9.17) is 11.1 Å². The number of nitrogens with one attached hydrogen (secondary N) is 9. The van der Waals surface area contributed by atoms with Gasteiger partial charge in [-0.2, -0.15) is 4.58 Å². The number of hydrogen-bond donors (Lipinski definition) is 13. The van der Waals surface area contributed by atoms with Crippen LogP contribution in [-0.4, -0.2) is 195 Å². The van der Waals surface area contributed by atoms with Crippen LogP contribution in [0.5, 0.6) is 0 Å². The molecule has 5 aromatic carbocycles. The van der Waals surface area contributed by atoms with Gasteiger partial charge in [-0.15, -0.1) is 0 Å². The van der Waals surface area contributed by atoms with Crippen LogP contribution in [0.25, 0.3) is 21.5 Å². The highest BCUT2D eigenvalue weighted by atomic mass is 33.1. The molecule has 566 valence electrons. The first kappa shape index (κ1) is 80.3. The van der Waals surface area contributed by atoms with Gasteiger partial charge in [0.05, 0.1) is 25.0 Å². The smallest absolute Gasteiger partial charge is 0.326 e. The molecule has 14 N–H and O–H groups in total. The van der Waals surface area contributed by atoms with E-state index in [1.54, 1.807) is 24.3 Å². The third-order valence-electron chi connectivity index (χ3n) is 19.3. The topological polar surface area (TPSA) is 427 Å². The third kappa shape index (κ3) is 20.2. The number of nitrogens with two attached hydrogens (primary N) is 1. The number of aryl methyl sites for hydroxylation is 1. The van der Waals surface area contributed by atoms with Crippen LogP contribution < -0.4 is 58.3 Å². The molecule has 8 amide bonds. The zero-order valence-corrected chi connectivity index (χ0v) is 61.7. The number of anilines is 1. The highest BCUT2D eigenvalue weighted by molar-refractivity contribution is 8.76. The number of carbonyl (C=O) groups excluding carboxylic acids is 9. The normalized spacial score (nSPS) is 21.7. The van der Waals surface area contributed by atoms with Crippen molar-refractivity contribution in [3.8, 4) is 0 Å². The number of carbonyl (C=O) groups is 11. The molecule has 0 aliphatic carbocycles. The number of benzene rings is 5. The molecule has 4 heterocycles. The van der Waals surface area contributed by atoms with E-state index in [0.717, 1.165) is 87.5 Å². The summed E-state index contributed by atoms with van der Waals surface area (Å²) in [7, 11) is 1.96. The molecule has 2 fully saturated rings. The van der Waals surface area contributed by atoms with Gasteiger partial charge in [-0.25, -0.2) is 4.79 Å². The van der Waals surface area contributed by atoms with Gasteiger partial charge < -0.3 is 83.3 Å². The fraction of sp³-hybridized carbons (Fsp3) is 0.390. The Labute approximate surface area is 626 Å². The minimum absolute atomic E-state index is 0.0246. The van der Waals surface area contributed by atoms with Gasteiger partial charge in [0.1, 0.15) is 42.3 Å². The minimum atomic E-state index is -1.92. The lowest BCUT2D eigenvalue weighted by atomic mass is 9.79. The maximum absolute atomic E-state index is 14.6. The van der Waals surface area contributed by atoms with Crippen molar-refractivity contribution < 1.29 is 77.7 Å². The van der Waals surface area contributed by atoms with Crippen molar-refractivity contribution in [2.75, 3.05) is 55.7 Å². The molecule has 28 nitrogen and oxygen atoms in total. The van der Waals surface area contributed by atoms with E-state index in [-0.39, 0.29) is 82.6 Å². The molecule has 0 bridgehead atoms. The van der Waals surface area contributed by atoms with E-state index in [1.165, 1.54) is 0 Å². The van der Waals surface area contributed by atoms with E-state index in [2.05, 4.69) is 82.4 Å². The Hall–Kier alpha value is -10.8. The Morgan fingerprint density at radius 1 is 0.757 bits per heavy atom. The second-order valence-electron chi connectivity index (χ2n) is 27.6. The number of carboxylic acids is 3. The molecule has 0 aromatic heterocycles. The zero-order valence-electron chi connectivity index (χ0n) is 60.1. The van der Waals surface area contributed by atoms with Crippen molar-refractivity contribution in [3.63, 3.8) is 0 Å². The second kappa shape index (κ2) is 36.4. The average Bonchev–Trinajstić information content (AvgIpc) is 1.58. The molecule has 4 aliphatic rings. The molecular weight excluding hydrogens is 1410 g/mol. The Balaban J connectivity index is 0.986. The molecule has 2 saturated heterocycles. The largest absolute Gasteiger partial charge is 0.550 e. The summed E-state index contributed by atoms with van der Waals surface area (Å²) in [6.07, 6.45) is 12.0. The molecule has 30 heteroatoms. The van der Waals surface area contributed by atoms with Gasteiger partial charge in [-0.05, 0) is 97.3 Å². The van der Waals surface area contributed by atoms with Gasteiger partial charge >= 0.3 is 11.9 Å². The van der Waals surface area contributed by atoms with Crippen LogP contribution in [0.15, 0.2) is 145 Å². The molecule has 107 heavy (non-hydrogen) atoms. The number of rotatable bonds is 23. The van der Waals surface area contributed by atoms with Gasteiger partial charge in [0, 0.05) is 90.9 Å². The highest BCUT2D eigenvalue weighted by Crippen LogP contribution is 2.51. The Kier molecular flexibility index (Phi) is 27.3. The summed E-state index contributed by atoms with van der Waals surface area (Å²) in [5.74, 6) is -12.5. The first-order chi connectivity index (χ1) is 51.1. The van der Waals surface area contributed by atoms with E-state index in [9.17, 15) is 73.2 Å². The lowest BCUT2D eigenvalue weighted by molar-refractivity contribution is -0.439. The molecule has 0 saturated carbocycles. The minimum Gasteiger partial charge on any atom is -0.550 e. The Morgan fingerprint density at radius 2 is 1.41 bits per heavy atom. The Morgan fingerprint density at radius 3 is 2.09 bits per heavy atom. The van der Waals surface area contributed by atoms with Crippen LogP contribution in [0.3, 0.4) is 0 Å². The monoisotopic (exact) mass is 1500 g/mol. The quantitative estimate of drug-likeness (QED) is 0.0112. The average molecular weight is 1500 g/mol. The fourth-order valence-electron chi connectivity index (χ4n) is 14.0. The Bertz CT molecular complexity index is 4420. The van der Waals surface area contributed by atoms with Crippen molar-refractivity contribution >= 4 is 131 Å². The van der Waals surface area contributed by atoms with E-state index in [0.29, 0.717) is 5.56 Å². The van der Waals surface area contributed by atoms with Gasteiger partial charge in [0.15, 0.2) is 18.2 Å². The SMILES string of the molecule is Cc1ccc(CC(NC(=O)C2CSSCC(NC(=O)CCN3/C(=C/C=C/C=C/C=C/C4=[N+](CCC(=O)[O-])c5ccc6ccccc6c5C4(C)C)C(C)(C)c4c3ccc3ccccc43)C(=O)NCC(=O)NC(CCCNC(=N)N)C(=O)NC(CC(=O)O)C(=O)NC(CO)C(=O)N3CCCC3C(=O)N2)C(=O)O)cc1. The van der Waals surface area contributed by atoms with Gasteiger partial charge in [0.25, 0.3) is 0 Å². The number of aliphatic carboxylic acids is 3. The summed E-state index contributed by atoms with van der Waals surface area (Å²) < 4.78 is 2.04. The van der Waals surface area contributed by atoms with Crippen LogP contribution in [0.2, 0.25) is 0 Å². The first-order valence-corrected chi connectivity index (χ1v) is 37.8. The summed E-state index contributed by atoms with van der Waals surface area (Å²) in [5, 5.41) is 74.5. The molecule has 9 rings (SSSR count). The van der Waals surface area contributed by atoms with Crippen LogP contribution in [0.4, 0.5) is 11.4 Å². The van der Waals surface area contributed by atoms with Crippen molar-refractivity contribution in [3.05, 3.63) is 168 Å². The lowest BCUT2D eigenvalue weighted by Gasteiger charge is -2.30. The number of amides is 8. The number of nitrogens with zero attached hydrogens (tertiary/aromatic N) is 3. The van der Waals surface area contributed by atoms with Crippen LogP contribution in [-0.2, 0) is 70.0 Å². The van der Waals surface area contributed by atoms with Crippen molar-refractivity contribution in [2.45, 2.75) is 139 Å². The number of fused-ring (bicyclic) bond motifs is 7. The third-order valence-corrected chi connectivity index (χ3v) is 21.7. The summed E-state index contributed by atoms with van der Waals surface area (Å²) in [5.41, 5.74) is 11.5. The van der Waals surface area contributed by atoms with E-state index < -0.39 is 144 Å². The molecule has 7 atom stereocenters. The van der Waals surface area contributed by atoms with Crippen molar-refractivity contribution in [1.29, 1.82) is 5.41 Å². The number of allylic oxidation sites excluding steroid dienone is 8. The van der Waals surface area contributed by atoms with Gasteiger partial charge in [0.2, 0.25) is 52.9 Å². The zero-order chi connectivity index (χ0) is 77.3. The fourth-order valence-corrected chi connectivity index (χ4v) is 16.3. The molecule has 4 aliphatic heterocycles. The number of carboxylic acid groups (broad SMARTS) is 3. The summed E-state index contributed by atoms with van der Waals surface area (Å²) in [6, 6.07) is 20.2. The van der Waals surface area contributed by atoms with Gasteiger partial charge in [-0.3, -0.25) is 48.6 Å². The predicted octanol–water partition coefficient (Wildman–Crippen LogP) is 3.03. The van der Waals surface area contributed by atoms with Crippen LogP contribution in [0, 0.1) is 12.3 Å². The highest BCUT2D eigenvalue weighted by Gasteiger charge is 2.47. The van der Waals surface area contributed by atoms with Crippen LogP contribution >= 0.6 is 21.6 Å². The second-order valence-corrected chi connectivity index (χ2v) is 30.2. The van der Waals surface area contributed by atoms with Crippen molar-refractivity contribution in [2.24, 2.45) is 5.73 Å². The van der Waals surface area contributed by atoms with Crippen LogP contribution in [0.1, 0.15) is 94.9 Å².